The molecule has 0 saturated carbocycles. The van der Waals surface area contributed by atoms with Crippen molar-refractivity contribution in [3.8, 4) is 0 Å². The molecule has 1 saturated heterocycles. The number of anilines is 1. The number of carbonyl (C=O) groups is 2. The highest BCUT2D eigenvalue weighted by atomic mass is 32.2. The number of amides is 2. The van der Waals surface area contributed by atoms with E-state index in [0.29, 0.717) is 24.7 Å². The van der Waals surface area contributed by atoms with E-state index < -0.39 is 5.91 Å². The molecule has 7 nitrogen and oxygen atoms in total. The van der Waals surface area contributed by atoms with Crippen molar-refractivity contribution in [1.29, 1.82) is 0 Å². The Morgan fingerprint density at radius 1 is 1.45 bits per heavy atom. The molecule has 0 unspecified atom stereocenters. The van der Waals surface area contributed by atoms with Gasteiger partial charge in [-0.1, -0.05) is 0 Å². The SMILES string of the molecule is CSCC(=O)NNC(=O)c1csc(N2CCOCC2)n1. The lowest BCUT2D eigenvalue weighted by molar-refractivity contribution is -0.119. The number of aromatic nitrogens is 1. The minimum Gasteiger partial charge on any atom is -0.378 e. The van der Waals surface area contributed by atoms with Crippen molar-refractivity contribution in [2.75, 3.05) is 43.2 Å². The summed E-state index contributed by atoms with van der Waals surface area (Å²) < 4.78 is 5.27. The van der Waals surface area contributed by atoms with Gasteiger partial charge in [-0.2, -0.15) is 11.8 Å². The normalized spacial score (nSPS) is 14.9. The second kappa shape index (κ2) is 7.46. The molecule has 2 rings (SSSR count). The van der Waals surface area contributed by atoms with E-state index in [9.17, 15) is 9.59 Å². The summed E-state index contributed by atoms with van der Waals surface area (Å²) in [5.41, 5.74) is 5.00. The number of nitrogens with zero attached hydrogens (tertiary/aromatic N) is 2. The predicted octanol–water partition coefficient (Wildman–Crippen LogP) is 0.104. The van der Waals surface area contributed by atoms with Gasteiger partial charge < -0.3 is 9.64 Å². The van der Waals surface area contributed by atoms with E-state index in [4.69, 9.17) is 4.74 Å². The Morgan fingerprint density at radius 2 is 2.20 bits per heavy atom. The van der Waals surface area contributed by atoms with E-state index in [0.717, 1.165) is 18.2 Å². The van der Waals surface area contributed by atoms with Gasteiger partial charge in [-0.15, -0.1) is 11.3 Å². The molecule has 1 aliphatic rings. The average Bonchev–Trinajstić information content (AvgIpc) is 2.96. The molecule has 1 aromatic rings. The zero-order chi connectivity index (χ0) is 14.4. The van der Waals surface area contributed by atoms with Crippen molar-refractivity contribution in [2.24, 2.45) is 0 Å². The van der Waals surface area contributed by atoms with Gasteiger partial charge in [0.05, 0.1) is 19.0 Å². The number of hydrogen-bond donors (Lipinski definition) is 2. The molecule has 2 N–H and O–H groups in total. The van der Waals surface area contributed by atoms with Crippen molar-refractivity contribution in [1.82, 2.24) is 15.8 Å². The standard InChI is InChI=1S/C11H16N4O3S2/c1-19-7-9(16)13-14-10(17)8-6-20-11(12-8)15-2-4-18-5-3-15/h6H,2-5,7H2,1H3,(H,13,16)(H,14,17). The first-order valence-corrected chi connectivity index (χ1v) is 8.34. The first kappa shape index (κ1) is 15.1. The van der Waals surface area contributed by atoms with Crippen molar-refractivity contribution in [3.63, 3.8) is 0 Å². The average molecular weight is 316 g/mol. The van der Waals surface area contributed by atoms with Gasteiger partial charge >= 0.3 is 0 Å². The Morgan fingerprint density at radius 3 is 2.90 bits per heavy atom. The third-order valence-electron chi connectivity index (χ3n) is 2.60. The zero-order valence-corrected chi connectivity index (χ0v) is 12.7. The molecule has 0 aliphatic carbocycles. The Hall–Kier alpha value is -1.32. The number of rotatable bonds is 4. The maximum absolute atomic E-state index is 11.8. The van der Waals surface area contributed by atoms with E-state index in [1.165, 1.54) is 23.1 Å². The van der Waals surface area contributed by atoms with Crippen LogP contribution in [0.15, 0.2) is 5.38 Å². The van der Waals surface area contributed by atoms with Gasteiger partial charge in [0.25, 0.3) is 5.91 Å². The number of carbonyl (C=O) groups excluding carboxylic acids is 2. The van der Waals surface area contributed by atoms with Crippen LogP contribution < -0.4 is 15.8 Å². The smallest absolute Gasteiger partial charge is 0.289 e. The fraction of sp³-hybridized carbons (Fsp3) is 0.545. The highest BCUT2D eigenvalue weighted by Gasteiger charge is 2.17. The fourth-order valence-corrected chi connectivity index (χ4v) is 2.82. The van der Waals surface area contributed by atoms with Crippen LogP contribution in [-0.4, -0.2) is 55.1 Å². The van der Waals surface area contributed by atoms with Gasteiger partial charge in [-0.25, -0.2) is 4.98 Å². The predicted molar refractivity (Wildman–Crippen MR) is 79.1 cm³/mol. The molecule has 9 heteroatoms. The Bertz CT molecular complexity index is 474. The number of nitrogens with one attached hydrogen (secondary N) is 2. The van der Waals surface area contributed by atoms with Crippen LogP contribution in [0, 0.1) is 0 Å². The molecule has 0 spiro atoms. The second-order valence-electron chi connectivity index (χ2n) is 4.05. The third-order valence-corrected chi connectivity index (χ3v) is 4.05. The summed E-state index contributed by atoms with van der Waals surface area (Å²) >= 11 is 2.80. The summed E-state index contributed by atoms with van der Waals surface area (Å²) in [6, 6.07) is 0. The molecule has 2 amide bonds. The Labute approximate surface area is 125 Å². The van der Waals surface area contributed by atoms with Crippen LogP contribution in [0.4, 0.5) is 5.13 Å². The largest absolute Gasteiger partial charge is 0.378 e. The first-order chi connectivity index (χ1) is 9.70. The number of thioether (sulfide) groups is 1. The van der Waals surface area contributed by atoms with Gasteiger partial charge in [-0.3, -0.25) is 20.4 Å². The number of hydrazine groups is 1. The highest BCUT2D eigenvalue weighted by molar-refractivity contribution is 7.99. The maximum atomic E-state index is 11.8. The zero-order valence-electron chi connectivity index (χ0n) is 11.0. The van der Waals surface area contributed by atoms with Gasteiger partial charge in [0.15, 0.2) is 5.13 Å². The van der Waals surface area contributed by atoms with Crippen LogP contribution in [0.3, 0.4) is 0 Å². The lowest BCUT2D eigenvalue weighted by Gasteiger charge is -2.25. The van der Waals surface area contributed by atoms with Crippen LogP contribution >= 0.6 is 23.1 Å². The van der Waals surface area contributed by atoms with Crippen LogP contribution in [0.2, 0.25) is 0 Å². The van der Waals surface area contributed by atoms with Gasteiger partial charge in [-0.05, 0) is 6.26 Å². The molecule has 0 aromatic carbocycles. The Kier molecular flexibility index (Phi) is 5.62. The fourth-order valence-electron chi connectivity index (χ4n) is 1.63. The van der Waals surface area contributed by atoms with Crippen LogP contribution in [-0.2, 0) is 9.53 Å². The van der Waals surface area contributed by atoms with E-state index in [1.807, 2.05) is 6.26 Å². The highest BCUT2D eigenvalue weighted by Crippen LogP contribution is 2.21. The molecule has 1 aromatic heterocycles. The van der Waals surface area contributed by atoms with E-state index in [1.54, 1.807) is 5.38 Å². The molecule has 1 aliphatic heterocycles. The lowest BCUT2D eigenvalue weighted by atomic mass is 10.4. The molecule has 1 fully saturated rings. The minimum atomic E-state index is -0.407. The summed E-state index contributed by atoms with van der Waals surface area (Å²) in [7, 11) is 0. The number of hydrogen-bond acceptors (Lipinski definition) is 7. The van der Waals surface area contributed by atoms with Gasteiger partial charge in [0.2, 0.25) is 5.91 Å². The van der Waals surface area contributed by atoms with Crippen LogP contribution in [0.1, 0.15) is 10.5 Å². The van der Waals surface area contributed by atoms with Gasteiger partial charge in [0, 0.05) is 18.5 Å². The lowest BCUT2D eigenvalue weighted by Crippen LogP contribution is -2.42. The van der Waals surface area contributed by atoms with Crippen molar-refractivity contribution >= 4 is 40.0 Å². The molecule has 2 heterocycles. The van der Waals surface area contributed by atoms with Crippen LogP contribution in [0.25, 0.3) is 0 Å². The number of thiazole rings is 1. The van der Waals surface area contributed by atoms with Crippen molar-refractivity contribution in [3.05, 3.63) is 11.1 Å². The summed E-state index contributed by atoms with van der Waals surface area (Å²) in [6.07, 6.45) is 1.82. The summed E-state index contributed by atoms with van der Waals surface area (Å²) in [4.78, 5) is 29.4. The number of morpholine rings is 1. The number of ether oxygens (including phenoxy) is 1. The minimum absolute atomic E-state index is 0.241. The topological polar surface area (TPSA) is 83.6 Å². The summed E-state index contributed by atoms with van der Waals surface area (Å²) in [6.45, 7) is 2.90. The van der Waals surface area contributed by atoms with E-state index >= 15 is 0 Å². The molecule has 0 radical (unpaired) electrons. The Balaban J connectivity index is 1.87. The third kappa shape index (κ3) is 4.09. The maximum Gasteiger partial charge on any atom is 0.289 e. The molecule has 0 bridgehead atoms. The van der Waals surface area contributed by atoms with Crippen molar-refractivity contribution < 1.29 is 14.3 Å². The second-order valence-corrected chi connectivity index (χ2v) is 5.75. The summed E-state index contributed by atoms with van der Waals surface area (Å²) in [5.74, 6) is -0.346. The molecular formula is C11H16N4O3S2. The van der Waals surface area contributed by atoms with E-state index in [2.05, 4.69) is 20.7 Å². The monoisotopic (exact) mass is 316 g/mol. The quantitative estimate of drug-likeness (QED) is 0.767. The summed E-state index contributed by atoms with van der Waals surface area (Å²) in [5, 5.41) is 2.48. The molecule has 0 atom stereocenters. The van der Waals surface area contributed by atoms with Gasteiger partial charge in [0.1, 0.15) is 5.69 Å². The molecule has 20 heavy (non-hydrogen) atoms. The molecular weight excluding hydrogens is 300 g/mol. The van der Waals surface area contributed by atoms with Crippen molar-refractivity contribution in [2.45, 2.75) is 0 Å². The van der Waals surface area contributed by atoms with E-state index in [-0.39, 0.29) is 5.91 Å². The first-order valence-electron chi connectivity index (χ1n) is 6.07. The molecule has 110 valence electrons. The van der Waals surface area contributed by atoms with Crippen LogP contribution in [0.5, 0.6) is 0 Å².